The Labute approximate surface area is 214 Å². The van der Waals surface area contributed by atoms with Gasteiger partial charge in [0, 0.05) is 30.3 Å². The zero-order valence-electron chi connectivity index (χ0n) is 20.1. The van der Waals surface area contributed by atoms with E-state index in [9.17, 15) is 21.6 Å². The summed E-state index contributed by atoms with van der Waals surface area (Å²) in [6, 6.07) is 12.2. The Morgan fingerprint density at radius 1 is 1.03 bits per heavy atom. The van der Waals surface area contributed by atoms with Crippen LogP contribution < -0.4 is 0 Å². The number of amides is 1. The lowest BCUT2D eigenvalue weighted by molar-refractivity contribution is 0.0673. The van der Waals surface area contributed by atoms with Crippen molar-refractivity contribution < 1.29 is 21.6 Å². The van der Waals surface area contributed by atoms with Crippen molar-refractivity contribution in [3.05, 3.63) is 59.7 Å². The van der Waals surface area contributed by atoms with E-state index in [1.807, 2.05) is 13.8 Å². The molecular formula is C25H33ClN2O5S2. The maximum atomic E-state index is 13.8. The second-order valence-electron chi connectivity index (χ2n) is 9.34. The van der Waals surface area contributed by atoms with E-state index in [1.54, 1.807) is 29.2 Å². The van der Waals surface area contributed by atoms with Crippen molar-refractivity contribution in [1.29, 1.82) is 0 Å². The van der Waals surface area contributed by atoms with Crippen LogP contribution in [0.4, 0.5) is 0 Å². The van der Waals surface area contributed by atoms with Gasteiger partial charge in [0.15, 0.2) is 19.7 Å². The summed E-state index contributed by atoms with van der Waals surface area (Å²) in [4.78, 5) is 17.8. The molecule has 7 nitrogen and oxygen atoms in total. The van der Waals surface area contributed by atoms with E-state index >= 15 is 0 Å². The molecular weight excluding hydrogens is 508 g/mol. The van der Waals surface area contributed by atoms with Gasteiger partial charge in [-0.05, 0) is 64.0 Å². The highest BCUT2D eigenvalue weighted by atomic mass is 35.5. The molecule has 0 aromatic heterocycles. The molecule has 1 unspecified atom stereocenters. The minimum Gasteiger partial charge on any atom is -0.335 e. The largest absolute Gasteiger partial charge is 0.335 e. The second kappa shape index (κ2) is 11.0. The fourth-order valence-corrected chi connectivity index (χ4v) is 9.28. The van der Waals surface area contributed by atoms with Crippen LogP contribution in [0, 0.1) is 0 Å². The number of sulfone groups is 2. The SMILES string of the molecule is CC(C)N(CCN1CCCCC1)C(=O)c1cccc2c1C(S(=O)(=O)c1ccccc1)CS2(=O)=O.Cl. The van der Waals surface area contributed by atoms with Crippen molar-refractivity contribution in [2.45, 2.75) is 54.2 Å². The van der Waals surface area contributed by atoms with Gasteiger partial charge in [-0.25, -0.2) is 16.8 Å². The molecule has 0 spiro atoms. The van der Waals surface area contributed by atoms with Crippen LogP contribution in [0.15, 0.2) is 58.3 Å². The van der Waals surface area contributed by atoms with E-state index in [-0.39, 0.29) is 45.3 Å². The van der Waals surface area contributed by atoms with E-state index in [0.717, 1.165) is 32.5 Å². The maximum Gasteiger partial charge on any atom is 0.254 e. The highest BCUT2D eigenvalue weighted by Crippen LogP contribution is 2.43. The van der Waals surface area contributed by atoms with Gasteiger partial charge in [0.1, 0.15) is 5.25 Å². The quantitative estimate of drug-likeness (QED) is 0.531. The number of halogens is 1. The lowest BCUT2D eigenvalue weighted by Crippen LogP contribution is -2.44. The number of hydrogen-bond acceptors (Lipinski definition) is 6. The summed E-state index contributed by atoms with van der Waals surface area (Å²) in [5.74, 6) is -0.881. The van der Waals surface area contributed by atoms with Crippen molar-refractivity contribution >= 4 is 38.0 Å². The molecule has 0 N–H and O–H groups in total. The molecule has 1 atom stereocenters. The van der Waals surface area contributed by atoms with Gasteiger partial charge in [0.25, 0.3) is 5.91 Å². The molecule has 2 aromatic carbocycles. The molecule has 1 fully saturated rings. The lowest BCUT2D eigenvalue weighted by atomic mass is 10.0. The first-order chi connectivity index (χ1) is 16.1. The molecule has 10 heteroatoms. The van der Waals surface area contributed by atoms with E-state index < -0.39 is 30.7 Å². The van der Waals surface area contributed by atoms with Crippen LogP contribution in [0.5, 0.6) is 0 Å². The van der Waals surface area contributed by atoms with Gasteiger partial charge in [-0.2, -0.15) is 0 Å². The molecule has 2 aliphatic rings. The van der Waals surface area contributed by atoms with Gasteiger partial charge in [-0.1, -0.05) is 30.7 Å². The van der Waals surface area contributed by atoms with Gasteiger partial charge in [-0.15, -0.1) is 12.4 Å². The molecule has 0 bridgehead atoms. The average Bonchev–Trinajstić information content (AvgIpc) is 3.12. The van der Waals surface area contributed by atoms with Crippen LogP contribution in [-0.4, -0.2) is 70.5 Å². The van der Waals surface area contributed by atoms with Crippen LogP contribution >= 0.6 is 12.4 Å². The smallest absolute Gasteiger partial charge is 0.254 e. The van der Waals surface area contributed by atoms with Crippen molar-refractivity contribution in [3.8, 4) is 0 Å². The maximum absolute atomic E-state index is 13.8. The summed E-state index contributed by atoms with van der Waals surface area (Å²) in [7, 11) is -7.85. The van der Waals surface area contributed by atoms with Gasteiger partial charge in [0.05, 0.1) is 15.5 Å². The molecule has 0 aliphatic carbocycles. The Kier molecular flexibility index (Phi) is 8.68. The number of piperidine rings is 1. The van der Waals surface area contributed by atoms with Crippen LogP contribution in [0.25, 0.3) is 0 Å². The first-order valence-corrected chi connectivity index (χ1v) is 15.0. The third-order valence-electron chi connectivity index (χ3n) is 6.76. The highest BCUT2D eigenvalue weighted by Gasteiger charge is 2.45. The molecule has 35 heavy (non-hydrogen) atoms. The molecule has 0 radical (unpaired) electrons. The van der Waals surface area contributed by atoms with E-state index in [2.05, 4.69) is 4.90 Å². The number of hydrogen-bond donors (Lipinski definition) is 0. The Bertz CT molecular complexity index is 1260. The lowest BCUT2D eigenvalue weighted by Gasteiger charge is -2.32. The normalized spacial score (nSPS) is 19.7. The summed E-state index contributed by atoms with van der Waals surface area (Å²) in [6.07, 6.45) is 3.53. The van der Waals surface area contributed by atoms with Crippen LogP contribution in [-0.2, 0) is 19.7 Å². The third kappa shape index (κ3) is 5.58. The average molecular weight is 541 g/mol. The Morgan fingerprint density at radius 2 is 1.69 bits per heavy atom. The third-order valence-corrected chi connectivity index (χ3v) is 10.9. The first kappa shape index (κ1) is 27.6. The second-order valence-corrected chi connectivity index (χ2v) is 13.5. The Morgan fingerprint density at radius 3 is 2.31 bits per heavy atom. The van der Waals surface area contributed by atoms with Crippen LogP contribution in [0.2, 0.25) is 0 Å². The molecule has 192 valence electrons. The van der Waals surface area contributed by atoms with Crippen LogP contribution in [0.3, 0.4) is 0 Å². The number of carbonyl (C=O) groups excluding carboxylic acids is 1. The van der Waals surface area contributed by atoms with E-state index in [4.69, 9.17) is 0 Å². The number of carbonyl (C=O) groups is 1. The zero-order chi connectivity index (χ0) is 24.5. The van der Waals surface area contributed by atoms with Gasteiger partial charge < -0.3 is 9.80 Å². The number of nitrogens with zero attached hydrogens (tertiary/aromatic N) is 2. The van der Waals surface area contributed by atoms with Crippen LogP contribution in [0.1, 0.15) is 54.3 Å². The fraction of sp³-hybridized carbons (Fsp3) is 0.480. The van der Waals surface area contributed by atoms with Gasteiger partial charge in [-0.3, -0.25) is 4.79 Å². The predicted octanol–water partition coefficient (Wildman–Crippen LogP) is 3.75. The first-order valence-electron chi connectivity index (χ1n) is 11.8. The predicted molar refractivity (Wildman–Crippen MR) is 139 cm³/mol. The number of fused-ring (bicyclic) bond motifs is 1. The molecule has 2 aliphatic heterocycles. The summed E-state index contributed by atoms with van der Waals surface area (Å²) in [5, 5.41) is -1.31. The topological polar surface area (TPSA) is 91.8 Å². The van der Waals surface area contributed by atoms with Gasteiger partial charge >= 0.3 is 0 Å². The van der Waals surface area contributed by atoms with Crippen molar-refractivity contribution in [3.63, 3.8) is 0 Å². The molecule has 2 heterocycles. The highest BCUT2D eigenvalue weighted by molar-refractivity contribution is 7.96. The van der Waals surface area contributed by atoms with Crippen molar-refractivity contribution in [2.24, 2.45) is 0 Å². The standard InChI is InChI=1S/C25H32N2O5S2.ClH/c1-19(2)27(17-16-26-14-7-4-8-15-26)25(28)21-12-9-13-22-24(21)23(18-33(22,29)30)34(31,32)20-10-5-3-6-11-20;/h3,5-6,9-13,19,23H,4,7-8,14-18H2,1-2H3;1H. The summed E-state index contributed by atoms with van der Waals surface area (Å²) in [5.41, 5.74) is 0.274. The molecule has 1 amide bonds. The summed E-state index contributed by atoms with van der Waals surface area (Å²) in [6.45, 7) is 7.11. The number of rotatable bonds is 7. The number of likely N-dealkylation sites (tertiary alicyclic amines) is 1. The molecule has 4 rings (SSSR count). The molecule has 2 aromatic rings. The summed E-state index contributed by atoms with van der Waals surface area (Å²) < 4.78 is 52.9. The van der Waals surface area contributed by atoms with E-state index in [0.29, 0.717) is 6.54 Å². The Balaban J connectivity index is 0.00000342. The number of benzene rings is 2. The Hall–Kier alpha value is -1.94. The zero-order valence-corrected chi connectivity index (χ0v) is 22.5. The van der Waals surface area contributed by atoms with Crippen molar-refractivity contribution in [1.82, 2.24) is 9.80 Å². The monoisotopic (exact) mass is 540 g/mol. The minimum absolute atomic E-state index is 0. The minimum atomic E-state index is -4.01. The molecule has 1 saturated heterocycles. The fourth-order valence-electron chi connectivity index (χ4n) is 4.91. The summed E-state index contributed by atoms with van der Waals surface area (Å²) >= 11 is 0. The van der Waals surface area contributed by atoms with Crippen molar-refractivity contribution in [2.75, 3.05) is 31.9 Å². The van der Waals surface area contributed by atoms with Gasteiger partial charge in [0.2, 0.25) is 0 Å². The van der Waals surface area contributed by atoms with E-state index in [1.165, 1.54) is 30.7 Å². The molecule has 0 saturated carbocycles.